The van der Waals surface area contributed by atoms with Crippen LogP contribution in [0, 0.1) is 0 Å². The second-order valence-corrected chi connectivity index (χ2v) is 17.2. The van der Waals surface area contributed by atoms with Crippen molar-refractivity contribution >= 4 is 10.8 Å². The Labute approximate surface area is 362 Å². The van der Waals surface area contributed by atoms with Gasteiger partial charge in [0.25, 0.3) is 0 Å². The quantitative estimate of drug-likeness (QED) is 0.168. The van der Waals surface area contributed by atoms with Crippen molar-refractivity contribution in [1.82, 2.24) is 9.97 Å². The van der Waals surface area contributed by atoms with Crippen LogP contribution in [0.15, 0.2) is 218 Å². The highest BCUT2D eigenvalue weighted by molar-refractivity contribution is 6.06. The van der Waals surface area contributed by atoms with E-state index < -0.39 is 5.41 Å². The number of benzene rings is 9. The van der Waals surface area contributed by atoms with Gasteiger partial charge in [-0.15, -0.1) is 0 Å². The van der Waals surface area contributed by atoms with Gasteiger partial charge in [-0.25, -0.2) is 9.97 Å². The maximum absolute atomic E-state index is 5.50. The van der Waals surface area contributed by atoms with Crippen LogP contribution in [-0.4, -0.2) is 9.97 Å². The predicted octanol–water partition coefficient (Wildman–Crippen LogP) is 15.0. The van der Waals surface area contributed by atoms with Crippen molar-refractivity contribution in [2.24, 2.45) is 0 Å². The first kappa shape index (κ1) is 36.2. The molecule has 0 amide bonds. The van der Waals surface area contributed by atoms with E-state index in [1.807, 2.05) is 0 Å². The largest absolute Gasteiger partial charge is 0.228 e. The van der Waals surface area contributed by atoms with Gasteiger partial charge in [-0.3, -0.25) is 0 Å². The van der Waals surface area contributed by atoms with Crippen molar-refractivity contribution in [3.8, 4) is 67.3 Å². The summed E-state index contributed by atoms with van der Waals surface area (Å²) >= 11 is 0. The molecule has 0 fully saturated rings. The molecule has 0 aliphatic heterocycles. The van der Waals surface area contributed by atoms with Gasteiger partial charge in [0.05, 0.1) is 16.8 Å². The summed E-state index contributed by atoms with van der Waals surface area (Å²) < 4.78 is 0. The molecule has 0 bridgehead atoms. The number of rotatable bonds is 6. The van der Waals surface area contributed by atoms with Gasteiger partial charge in [0, 0.05) is 22.1 Å². The molecule has 2 aliphatic rings. The molecule has 0 N–H and O–H groups in total. The Kier molecular flexibility index (Phi) is 8.14. The lowest BCUT2D eigenvalue weighted by atomic mass is 9.66. The average molecular weight is 791 g/mol. The fourth-order valence-electron chi connectivity index (χ4n) is 11.0. The standard InChI is InChI=1S/C60H42N2/c1-59(2)52-34-16-14-28-45(52)49-31-18-30-48(56(49)59)44-36-37-47(43-27-13-12-26-42(43)44)54-38-55(62-58(61-54)39-20-6-3-7-21-39)51-33-19-32-50-46-29-15-17-35-53(46)60(57(50)51,40-22-8-4-9-23-40)41-24-10-5-11-25-41/h3-38H,1-2H3. The summed E-state index contributed by atoms with van der Waals surface area (Å²) in [6.07, 6.45) is 0. The van der Waals surface area contributed by atoms with Crippen LogP contribution in [0.1, 0.15) is 47.2 Å². The number of hydrogen-bond donors (Lipinski definition) is 0. The summed E-state index contributed by atoms with van der Waals surface area (Å²) in [5, 5.41) is 2.36. The second kappa shape index (κ2) is 13.9. The van der Waals surface area contributed by atoms with Crippen LogP contribution >= 0.6 is 0 Å². The first-order chi connectivity index (χ1) is 30.5. The maximum atomic E-state index is 5.50. The first-order valence-corrected chi connectivity index (χ1v) is 21.6. The van der Waals surface area contributed by atoms with Crippen LogP contribution in [0.2, 0.25) is 0 Å². The van der Waals surface area contributed by atoms with Crippen molar-refractivity contribution in [1.29, 1.82) is 0 Å². The highest BCUT2D eigenvalue weighted by atomic mass is 14.9. The molecule has 0 saturated carbocycles. The Morgan fingerprint density at radius 3 is 1.40 bits per heavy atom. The lowest BCUT2D eigenvalue weighted by molar-refractivity contribution is 0.662. The molecule has 0 saturated heterocycles. The van der Waals surface area contributed by atoms with Crippen LogP contribution < -0.4 is 0 Å². The molecule has 2 aliphatic carbocycles. The minimum Gasteiger partial charge on any atom is -0.228 e. The molecule has 10 aromatic rings. The number of hydrogen-bond acceptors (Lipinski definition) is 2. The fraction of sp³-hybridized carbons (Fsp3) is 0.0667. The van der Waals surface area contributed by atoms with Gasteiger partial charge in [0.2, 0.25) is 0 Å². The summed E-state index contributed by atoms with van der Waals surface area (Å²) in [7, 11) is 0. The predicted molar refractivity (Wildman–Crippen MR) is 256 cm³/mol. The Hall–Kier alpha value is -7.68. The van der Waals surface area contributed by atoms with Gasteiger partial charge < -0.3 is 0 Å². The molecular weight excluding hydrogens is 749 g/mol. The van der Waals surface area contributed by atoms with E-state index in [1.54, 1.807) is 0 Å². The van der Waals surface area contributed by atoms with Crippen LogP contribution in [0.3, 0.4) is 0 Å². The van der Waals surface area contributed by atoms with E-state index in [1.165, 1.54) is 72.1 Å². The summed E-state index contributed by atoms with van der Waals surface area (Å²) in [5.74, 6) is 0.699. The molecule has 12 rings (SSSR count). The minimum absolute atomic E-state index is 0.140. The lowest BCUT2D eigenvalue weighted by Crippen LogP contribution is -2.29. The third-order valence-corrected chi connectivity index (χ3v) is 13.6. The van der Waals surface area contributed by atoms with E-state index in [0.29, 0.717) is 5.82 Å². The van der Waals surface area contributed by atoms with E-state index >= 15 is 0 Å². The van der Waals surface area contributed by atoms with Crippen molar-refractivity contribution < 1.29 is 0 Å². The normalized spacial score (nSPS) is 13.9. The molecule has 9 aromatic carbocycles. The monoisotopic (exact) mass is 790 g/mol. The summed E-state index contributed by atoms with van der Waals surface area (Å²) in [6, 6.07) is 79.5. The smallest absolute Gasteiger partial charge is 0.160 e. The highest BCUT2D eigenvalue weighted by Gasteiger charge is 2.47. The molecule has 2 heteroatoms. The van der Waals surface area contributed by atoms with Crippen molar-refractivity contribution in [2.75, 3.05) is 0 Å². The summed E-state index contributed by atoms with van der Waals surface area (Å²) in [4.78, 5) is 10.9. The minimum atomic E-state index is -0.583. The summed E-state index contributed by atoms with van der Waals surface area (Å²) in [6.45, 7) is 4.74. The molecule has 292 valence electrons. The van der Waals surface area contributed by atoms with Gasteiger partial charge >= 0.3 is 0 Å². The van der Waals surface area contributed by atoms with Gasteiger partial charge in [-0.05, 0) is 83.6 Å². The first-order valence-electron chi connectivity index (χ1n) is 21.6. The van der Waals surface area contributed by atoms with E-state index in [4.69, 9.17) is 9.97 Å². The Morgan fingerprint density at radius 1 is 0.323 bits per heavy atom. The second-order valence-electron chi connectivity index (χ2n) is 17.2. The number of aromatic nitrogens is 2. The van der Waals surface area contributed by atoms with Gasteiger partial charge in [-0.1, -0.05) is 226 Å². The van der Waals surface area contributed by atoms with Gasteiger partial charge in [-0.2, -0.15) is 0 Å². The fourth-order valence-corrected chi connectivity index (χ4v) is 11.0. The zero-order chi connectivity index (χ0) is 41.4. The molecule has 62 heavy (non-hydrogen) atoms. The number of nitrogens with zero attached hydrogens (tertiary/aromatic N) is 2. The molecule has 0 radical (unpaired) electrons. The molecule has 0 atom stereocenters. The zero-order valence-corrected chi connectivity index (χ0v) is 34.7. The molecule has 0 spiro atoms. The van der Waals surface area contributed by atoms with Gasteiger partial charge in [0.15, 0.2) is 5.82 Å². The highest BCUT2D eigenvalue weighted by Crippen LogP contribution is 2.59. The SMILES string of the molecule is CC1(C)c2ccccc2-c2cccc(-c3ccc(-c4cc(-c5cccc6c5C(c5ccccc5)(c5ccccc5)c5ccccc5-6)nc(-c5ccccc5)n4)c4ccccc34)c21. The molecule has 0 unspecified atom stereocenters. The van der Waals surface area contributed by atoms with Crippen LogP contribution in [0.25, 0.3) is 78.1 Å². The number of fused-ring (bicyclic) bond motifs is 7. The van der Waals surface area contributed by atoms with Crippen LogP contribution in [0.5, 0.6) is 0 Å². The molecule has 2 nitrogen and oxygen atoms in total. The maximum Gasteiger partial charge on any atom is 0.160 e. The topological polar surface area (TPSA) is 25.8 Å². The Balaban J connectivity index is 1.11. The van der Waals surface area contributed by atoms with Crippen molar-refractivity contribution in [3.63, 3.8) is 0 Å². The van der Waals surface area contributed by atoms with E-state index in [9.17, 15) is 0 Å². The van der Waals surface area contributed by atoms with Gasteiger partial charge in [0.1, 0.15) is 0 Å². The lowest BCUT2D eigenvalue weighted by Gasteiger charge is -2.35. The summed E-state index contributed by atoms with van der Waals surface area (Å²) in [5.41, 5.74) is 19.6. The van der Waals surface area contributed by atoms with E-state index in [2.05, 4.69) is 232 Å². The van der Waals surface area contributed by atoms with Crippen LogP contribution in [-0.2, 0) is 10.8 Å². The average Bonchev–Trinajstić information content (AvgIpc) is 3.78. The van der Waals surface area contributed by atoms with E-state index in [-0.39, 0.29) is 5.41 Å². The molecular formula is C60H42N2. The third-order valence-electron chi connectivity index (χ3n) is 13.6. The third kappa shape index (κ3) is 5.23. The molecule has 1 heterocycles. The Bertz CT molecular complexity index is 3330. The zero-order valence-electron chi connectivity index (χ0n) is 34.7. The molecule has 1 aromatic heterocycles. The van der Waals surface area contributed by atoms with Crippen molar-refractivity contribution in [2.45, 2.75) is 24.7 Å². The Morgan fingerprint density at radius 2 is 0.758 bits per heavy atom. The van der Waals surface area contributed by atoms with Crippen LogP contribution in [0.4, 0.5) is 0 Å². The van der Waals surface area contributed by atoms with E-state index in [0.717, 1.165) is 33.5 Å². The van der Waals surface area contributed by atoms with Crippen molar-refractivity contribution in [3.05, 3.63) is 252 Å².